The van der Waals surface area contributed by atoms with Gasteiger partial charge < -0.3 is 19.9 Å². The van der Waals surface area contributed by atoms with Gasteiger partial charge in [-0.15, -0.1) is 0 Å². The van der Waals surface area contributed by atoms with E-state index >= 15 is 0 Å². The van der Waals surface area contributed by atoms with Gasteiger partial charge in [0.1, 0.15) is 11.1 Å². The maximum Gasteiger partial charge on any atom is 0.260 e. The van der Waals surface area contributed by atoms with Crippen molar-refractivity contribution in [3.63, 3.8) is 0 Å². The largest absolute Gasteiger partial charge is 0.382 e. The Morgan fingerprint density at radius 3 is 2.83 bits per heavy atom. The molecule has 1 atom stereocenters. The van der Waals surface area contributed by atoms with Crippen LogP contribution in [0.1, 0.15) is 35.7 Å². The van der Waals surface area contributed by atoms with Crippen LogP contribution < -0.4 is 10.9 Å². The van der Waals surface area contributed by atoms with E-state index in [-0.39, 0.29) is 18.1 Å². The first kappa shape index (κ1) is 17.2. The number of ether oxygens (including phenoxy) is 1. The summed E-state index contributed by atoms with van der Waals surface area (Å²) in [6.07, 6.45) is 3.51. The van der Waals surface area contributed by atoms with Crippen molar-refractivity contribution in [1.82, 2.24) is 15.2 Å². The van der Waals surface area contributed by atoms with Crippen molar-refractivity contribution in [2.24, 2.45) is 0 Å². The molecule has 23 heavy (non-hydrogen) atoms. The molecule has 7 nitrogen and oxygen atoms in total. The quantitative estimate of drug-likeness (QED) is 0.816. The Hall–Kier alpha value is -2.15. The fraction of sp³-hybridized carbons (Fsp3) is 0.562. The Morgan fingerprint density at radius 2 is 2.22 bits per heavy atom. The number of aryl methyl sites for hydroxylation is 1. The summed E-state index contributed by atoms with van der Waals surface area (Å²) in [4.78, 5) is 41.4. The molecule has 1 aromatic heterocycles. The molecule has 0 aromatic carbocycles. The summed E-state index contributed by atoms with van der Waals surface area (Å²) in [5.41, 5.74) is -0.572. The number of carbonyl (C=O) groups is 2. The van der Waals surface area contributed by atoms with Crippen LogP contribution in [0.15, 0.2) is 17.1 Å². The molecular weight excluding hydrogens is 298 g/mol. The molecule has 7 heteroatoms. The van der Waals surface area contributed by atoms with Crippen LogP contribution in [-0.4, -0.2) is 54.5 Å². The minimum Gasteiger partial charge on any atom is -0.382 e. The van der Waals surface area contributed by atoms with Crippen molar-refractivity contribution in [1.29, 1.82) is 0 Å². The van der Waals surface area contributed by atoms with Crippen LogP contribution in [0.3, 0.4) is 0 Å². The number of nitrogens with zero attached hydrogens (tertiary/aromatic N) is 1. The minimum absolute atomic E-state index is 0.0654. The van der Waals surface area contributed by atoms with Gasteiger partial charge in [0.2, 0.25) is 5.91 Å². The highest BCUT2D eigenvalue weighted by molar-refractivity contribution is 5.99. The van der Waals surface area contributed by atoms with E-state index in [1.807, 2.05) is 6.92 Å². The van der Waals surface area contributed by atoms with E-state index in [0.29, 0.717) is 25.8 Å². The van der Waals surface area contributed by atoms with Gasteiger partial charge in [0, 0.05) is 26.9 Å². The summed E-state index contributed by atoms with van der Waals surface area (Å²) < 4.78 is 5.20. The van der Waals surface area contributed by atoms with Crippen LogP contribution in [0.5, 0.6) is 0 Å². The van der Waals surface area contributed by atoms with Gasteiger partial charge >= 0.3 is 0 Å². The Balaban J connectivity index is 2.44. The fourth-order valence-corrected chi connectivity index (χ4v) is 3.13. The summed E-state index contributed by atoms with van der Waals surface area (Å²) in [7, 11) is 3.03. The van der Waals surface area contributed by atoms with E-state index in [2.05, 4.69) is 10.3 Å². The van der Waals surface area contributed by atoms with Crippen LogP contribution in [0.4, 0.5) is 0 Å². The number of pyridine rings is 1. The standard InChI is InChI=1S/C16H23N3O4/c1-4-11-8-12(13(20)18-9-11)14(21)19-7-5-6-16(19,10-23-3)15(22)17-2/h8-9H,4-7,10H2,1-3H3,(H,17,22)(H,18,20). The third-order valence-electron chi connectivity index (χ3n) is 4.37. The summed E-state index contributed by atoms with van der Waals surface area (Å²) in [5, 5.41) is 2.61. The maximum atomic E-state index is 12.9. The lowest BCUT2D eigenvalue weighted by molar-refractivity contribution is -0.133. The van der Waals surface area contributed by atoms with Crippen molar-refractivity contribution < 1.29 is 14.3 Å². The Kier molecular flexibility index (Phi) is 5.20. The van der Waals surface area contributed by atoms with Gasteiger partial charge in [0.15, 0.2) is 0 Å². The van der Waals surface area contributed by atoms with Crippen molar-refractivity contribution in [3.8, 4) is 0 Å². The molecule has 1 aliphatic rings. The number of likely N-dealkylation sites (N-methyl/N-ethyl adjacent to an activating group) is 1. The normalized spacial score (nSPS) is 20.6. The molecule has 0 aliphatic carbocycles. The number of carbonyl (C=O) groups excluding carboxylic acids is 2. The monoisotopic (exact) mass is 321 g/mol. The zero-order chi connectivity index (χ0) is 17.0. The summed E-state index contributed by atoms with van der Waals surface area (Å²) in [6, 6.07) is 1.60. The number of likely N-dealkylation sites (tertiary alicyclic amines) is 1. The number of aromatic nitrogens is 1. The summed E-state index contributed by atoms with van der Waals surface area (Å²) >= 11 is 0. The molecule has 1 saturated heterocycles. The van der Waals surface area contributed by atoms with E-state index in [1.54, 1.807) is 12.3 Å². The molecule has 2 amide bonds. The molecule has 0 bridgehead atoms. The number of amides is 2. The first-order chi connectivity index (χ1) is 11.0. The smallest absolute Gasteiger partial charge is 0.260 e. The number of aromatic amines is 1. The number of nitrogens with one attached hydrogen (secondary N) is 2. The second kappa shape index (κ2) is 6.95. The van der Waals surface area contributed by atoms with E-state index in [9.17, 15) is 14.4 Å². The number of methoxy groups -OCH3 is 1. The Bertz CT molecular complexity index is 655. The highest BCUT2D eigenvalue weighted by Crippen LogP contribution is 2.31. The lowest BCUT2D eigenvalue weighted by atomic mass is 9.95. The molecule has 1 fully saturated rings. The SMILES string of the molecule is CCc1c[nH]c(=O)c(C(=O)N2CCCC2(COC)C(=O)NC)c1. The highest BCUT2D eigenvalue weighted by Gasteiger charge is 2.49. The van der Waals surface area contributed by atoms with Gasteiger partial charge in [0.05, 0.1) is 6.61 Å². The number of hydrogen-bond donors (Lipinski definition) is 2. The summed E-state index contributed by atoms with van der Waals surface area (Å²) in [5.74, 6) is -0.701. The predicted octanol–water partition coefficient (Wildman–Crippen LogP) is 0.305. The lowest BCUT2D eigenvalue weighted by Crippen LogP contribution is -2.60. The maximum absolute atomic E-state index is 12.9. The van der Waals surface area contributed by atoms with Crippen molar-refractivity contribution in [2.75, 3.05) is 27.3 Å². The summed E-state index contributed by atoms with van der Waals surface area (Å²) in [6.45, 7) is 2.46. The minimum atomic E-state index is -1.06. The third kappa shape index (κ3) is 3.01. The molecule has 1 unspecified atom stereocenters. The number of H-pyrrole nitrogens is 1. The Labute approximate surface area is 135 Å². The van der Waals surface area contributed by atoms with Gasteiger partial charge in [0.25, 0.3) is 11.5 Å². The first-order valence-electron chi connectivity index (χ1n) is 7.75. The number of hydrogen-bond acceptors (Lipinski definition) is 4. The molecule has 0 spiro atoms. The molecular formula is C16H23N3O4. The first-order valence-corrected chi connectivity index (χ1v) is 7.75. The average molecular weight is 321 g/mol. The topological polar surface area (TPSA) is 91.5 Å². The average Bonchev–Trinajstić information content (AvgIpc) is 2.99. The molecule has 126 valence electrons. The lowest BCUT2D eigenvalue weighted by Gasteiger charge is -2.36. The van der Waals surface area contributed by atoms with Gasteiger partial charge in [-0.25, -0.2) is 0 Å². The fourth-order valence-electron chi connectivity index (χ4n) is 3.13. The van der Waals surface area contributed by atoms with Crippen LogP contribution >= 0.6 is 0 Å². The number of rotatable bonds is 5. The van der Waals surface area contributed by atoms with Crippen molar-refractivity contribution >= 4 is 11.8 Å². The van der Waals surface area contributed by atoms with E-state index in [1.165, 1.54) is 19.1 Å². The van der Waals surface area contributed by atoms with E-state index < -0.39 is 17.0 Å². The van der Waals surface area contributed by atoms with Crippen LogP contribution in [0.25, 0.3) is 0 Å². The second-order valence-electron chi connectivity index (χ2n) is 5.71. The van der Waals surface area contributed by atoms with Gasteiger partial charge in [-0.2, -0.15) is 0 Å². The van der Waals surface area contributed by atoms with E-state index in [4.69, 9.17) is 4.74 Å². The van der Waals surface area contributed by atoms with Crippen LogP contribution in [0, 0.1) is 0 Å². The zero-order valence-electron chi connectivity index (χ0n) is 13.8. The molecule has 1 aliphatic heterocycles. The molecule has 2 rings (SSSR count). The molecule has 0 radical (unpaired) electrons. The molecule has 2 N–H and O–H groups in total. The van der Waals surface area contributed by atoms with Gasteiger partial charge in [-0.05, 0) is 30.9 Å². The highest BCUT2D eigenvalue weighted by atomic mass is 16.5. The van der Waals surface area contributed by atoms with Crippen LogP contribution in [-0.2, 0) is 16.0 Å². The third-order valence-corrected chi connectivity index (χ3v) is 4.37. The van der Waals surface area contributed by atoms with Crippen LogP contribution in [0.2, 0.25) is 0 Å². The second-order valence-corrected chi connectivity index (χ2v) is 5.71. The zero-order valence-corrected chi connectivity index (χ0v) is 13.8. The molecule has 0 saturated carbocycles. The van der Waals surface area contributed by atoms with Crippen molar-refractivity contribution in [3.05, 3.63) is 33.7 Å². The Morgan fingerprint density at radius 1 is 1.48 bits per heavy atom. The van der Waals surface area contributed by atoms with Crippen molar-refractivity contribution in [2.45, 2.75) is 31.7 Å². The molecule has 1 aromatic rings. The van der Waals surface area contributed by atoms with Gasteiger partial charge in [-0.3, -0.25) is 14.4 Å². The predicted molar refractivity (Wildman–Crippen MR) is 85.4 cm³/mol. The van der Waals surface area contributed by atoms with E-state index in [0.717, 1.165) is 5.56 Å². The molecule has 2 heterocycles. The van der Waals surface area contributed by atoms with Gasteiger partial charge in [-0.1, -0.05) is 6.92 Å².